The quantitative estimate of drug-likeness (QED) is 0.661. The molecule has 13 heavy (non-hydrogen) atoms. The highest BCUT2D eigenvalue weighted by molar-refractivity contribution is 6.00. The van der Waals surface area contributed by atoms with Crippen LogP contribution in [0.15, 0.2) is 23.4 Å². The van der Waals surface area contributed by atoms with Gasteiger partial charge in [0.1, 0.15) is 0 Å². The van der Waals surface area contributed by atoms with Gasteiger partial charge >= 0.3 is 0 Å². The van der Waals surface area contributed by atoms with Gasteiger partial charge in [-0.2, -0.15) is 0 Å². The second-order valence-electron chi connectivity index (χ2n) is 3.69. The van der Waals surface area contributed by atoms with E-state index in [1.54, 1.807) is 0 Å². The minimum Gasteiger partial charge on any atom is -0.382 e. The Morgan fingerprint density at radius 2 is 2.46 bits per heavy atom. The standard InChI is InChI=1S/C11H15NO/c1-2-8-7-9-5-3-4-6-12-10(9)11(8)13/h3,5,8,12H,2,4,6-7H2,1H3. The van der Waals surface area contributed by atoms with Gasteiger partial charge in [0.05, 0.1) is 5.70 Å². The van der Waals surface area contributed by atoms with Crippen LogP contribution in [0.1, 0.15) is 26.2 Å². The minimum atomic E-state index is 0.236. The van der Waals surface area contributed by atoms with Crippen molar-refractivity contribution >= 4 is 5.78 Å². The lowest BCUT2D eigenvalue weighted by Crippen LogP contribution is -2.21. The van der Waals surface area contributed by atoms with E-state index in [0.29, 0.717) is 5.78 Å². The van der Waals surface area contributed by atoms with Crippen LogP contribution in [0.2, 0.25) is 0 Å². The van der Waals surface area contributed by atoms with Crippen molar-refractivity contribution < 1.29 is 4.79 Å². The zero-order chi connectivity index (χ0) is 9.26. The zero-order valence-corrected chi connectivity index (χ0v) is 7.97. The van der Waals surface area contributed by atoms with E-state index in [4.69, 9.17) is 0 Å². The number of hydrogen-bond acceptors (Lipinski definition) is 2. The van der Waals surface area contributed by atoms with Gasteiger partial charge in [-0.15, -0.1) is 0 Å². The van der Waals surface area contributed by atoms with Crippen molar-refractivity contribution in [3.8, 4) is 0 Å². The highest BCUT2D eigenvalue weighted by Crippen LogP contribution is 2.30. The molecule has 0 saturated carbocycles. The fourth-order valence-electron chi connectivity index (χ4n) is 2.01. The van der Waals surface area contributed by atoms with Crippen LogP contribution in [0.4, 0.5) is 0 Å². The van der Waals surface area contributed by atoms with Crippen LogP contribution in [0.25, 0.3) is 0 Å². The summed E-state index contributed by atoms with van der Waals surface area (Å²) in [7, 11) is 0. The Morgan fingerprint density at radius 3 is 3.23 bits per heavy atom. The van der Waals surface area contributed by atoms with E-state index in [-0.39, 0.29) is 5.92 Å². The molecule has 0 aromatic rings. The molecule has 0 spiro atoms. The first-order chi connectivity index (χ1) is 6.33. The summed E-state index contributed by atoms with van der Waals surface area (Å²) in [6.45, 7) is 2.98. The van der Waals surface area contributed by atoms with Gasteiger partial charge < -0.3 is 5.32 Å². The normalized spacial score (nSPS) is 27.2. The molecule has 2 aliphatic rings. The van der Waals surface area contributed by atoms with Gasteiger partial charge in [-0.25, -0.2) is 0 Å². The Balaban J connectivity index is 2.25. The van der Waals surface area contributed by atoms with E-state index < -0.39 is 0 Å². The molecule has 1 heterocycles. The number of Topliss-reactive ketones (excluding diaryl/α,β-unsaturated/α-hetero) is 1. The van der Waals surface area contributed by atoms with E-state index in [9.17, 15) is 4.79 Å². The van der Waals surface area contributed by atoms with Crippen LogP contribution in [-0.4, -0.2) is 12.3 Å². The summed E-state index contributed by atoms with van der Waals surface area (Å²) in [6, 6.07) is 0. The van der Waals surface area contributed by atoms with Crippen molar-refractivity contribution in [3.63, 3.8) is 0 Å². The number of carbonyl (C=O) groups excluding carboxylic acids is 1. The molecule has 1 unspecified atom stereocenters. The number of ketones is 1. The Bertz CT molecular complexity index is 288. The molecule has 0 saturated heterocycles. The maximum Gasteiger partial charge on any atom is 0.182 e. The molecule has 1 aliphatic carbocycles. The maximum absolute atomic E-state index is 11.8. The molecule has 2 rings (SSSR count). The molecule has 1 N–H and O–H groups in total. The highest BCUT2D eigenvalue weighted by atomic mass is 16.1. The van der Waals surface area contributed by atoms with Gasteiger partial charge in [0.2, 0.25) is 0 Å². The fraction of sp³-hybridized carbons (Fsp3) is 0.545. The van der Waals surface area contributed by atoms with Crippen LogP contribution in [0.5, 0.6) is 0 Å². The van der Waals surface area contributed by atoms with Crippen molar-refractivity contribution in [2.24, 2.45) is 5.92 Å². The number of hydrogen-bond donors (Lipinski definition) is 1. The predicted octanol–water partition coefficient (Wildman–Crippen LogP) is 1.79. The number of allylic oxidation sites excluding steroid dienone is 3. The Hall–Kier alpha value is -1.05. The van der Waals surface area contributed by atoms with Crippen LogP contribution >= 0.6 is 0 Å². The Morgan fingerprint density at radius 1 is 1.62 bits per heavy atom. The molecule has 0 fully saturated rings. The molecule has 0 aromatic heterocycles. The summed E-state index contributed by atoms with van der Waals surface area (Å²) in [4.78, 5) is 11.8. The predicted molar refractivity (Wildman–Crippen MR) is 52.2 cm³/mol. The first-order valence-electron chi connectivity index (χ1n) is 5.00. The minimum absolute atomic E-state index is 0.236. The van der Waals surface area contributed by atoms with Gasteiger partial charge in [0, 0.05) is 12.5 Å². The molecule has 1 aliphatic heterocycles. The first-order valence-corrected chi connectivity index (χ1v) is 5.00. The summed E-state index contributed by atoms with van der Waals surface area (Å²) in [6.07, 6.45) is 7.19. The lowest BCUT2D eigenvalue weighted by molar-refractivity contribution is -0.118. The SMILES string of the molecule is CCC1CC2=C(NCCC=C2)C1=O. The molecule has 1 atom stereocenters. The van der Waals surface area contributed by atoms with E-state index >= 15 is 0 Å². The van der Waals surface area contributed by atoms with Crippen LogP contribution in [0, 0.1) is 5.92 Å². The van der Waals surface area contributed by atoms with Gasteiger partial charge in [-0.1, -0.05) is 19.1 Å². The van der Waals surface area contributed by atoms with Crippen molar-refractivity contribution in [2.75, 3.05) is 6.54 Å². The summed E-state index contributed by atoms with van der Waals surface area (Å²) < 4.78 is 0. The zero-order valence-electron chi connectivity index (χ0n) is 7.97. The largest absolute Gasteiger partial charge is 0.382 e. The average molecular weight is 177 g/mol. The molecule has 2 nitrogen and oxygen atoms in total. The van der Waals surface area contributed by atoms with E-state index in [1.165, 1.54) is 5.57 Å². The molecular formula is C11H15NO. The second kappa shape index (κ2) is 3.36. The lowest BCUT2D eigenvalue weighted by atomic mass is 10.0. The summed E-state index contributed by atoms with van der Waals surface area (Å²) in [5.41, 5.74) is 2.11. The van der Waals surface area contributed by atoms with E-state index in [2.05, 4.69) is 24.4 Å². The van der Waals surface area contributed by atoms with Crippen LogP contribution < -0.4 is 5.32 Å². The van der Waals surface area contributed by atoms with Crippen LogP contribution in [0.3, 0.4) is 0 Å². The number of carbonyl (C=O) groups is 1. The van der Waals surface area contributed by atoms with Gasteiger partial charge in [-0.05, 0) is 24.8 Å². The van der Waals surface area contributed by atoms with Crippen molar-refractivity contribution in [3.05, 3.63) is 23.4 Å². The average Bonchev–Trinajstić information content (AvgIpc) is 2.37. The third-order valence-corrected chi connectivity index (χ3v) is 2.83. The lowest BCUT2D eigenvalue weighted by Gasteiger charge is -2.06. The third kappa shape index (κ3) is 1.41. The third-order valence-electron chi connectivity index (χ3n) is 2.83. The number of rotatable bonds is 1. The Labute approximate surface area is 78.7 Å². The molecule has 70 valence electrons. The molecule has 0 aromatic carbocycles. The molecule has 0 radical (unpaired) electrons. The summed E-state index contributed by atoms with van der Waals surface area (Å²) in [5, 5.41) is 3.23. The van der Waals surface area contributed by atoms with Gasteiger partial charge in [0.15, 0.2) is 5.78 Å². The molecule has 0 amide bonds. The van der Waals surface area contributed by atoms with Crippen LogP contribution in [-0.2, 0) is 4.79 Å². The van der Waals surface area contributed by atoms with Crippen molar-refractivity contribution in [2.45, 2.75) is 26.2 Å². The smallest absolute Gasteiger partial charge is 0.182 e. The number of nitrogens with one attached hydrogen (secondary N) is 1. The van der Waals surface area contributed by atoms with E-state index in [1.807, 2.05) is 0 Å². The van der Waals surface area contributed by atoms with Gasteiger partial charge in [0.25, 0.3) is 0 Å². The maximum atomic E-state index is 11.8. The summed E-state index contributed by atoms with van der Waals surface area (Å²) in [5.74, 6) is 0.560. The second-order valence-corrected chi connectivity index (χ2v) is 3.69. The topological polar surface area (TPSA) is 29.1 Å². The molecular weight excluding hydrogens is 162 g/mol. The van der Waals surface area contributed by atoms with Crippen molar-refractivity contribution in [1.29, 1.82) is 0 Å². The highest BCUT2D eigenvalue weighted by Gasteiger charge is 2.30. The summed E-state index contributed by atoms with van der Waals surface area (Å²) >= 11 is 0. The van der Waals surface area contributed by atoms with E-state index in [0.717, 1.165) is 31.5 Å². The monoisotopic (exact) mass is 177 g/mol. The van der Waals surface area contributed by atoms with Crippen molar-refractivity contribution in [1.82, 2.24) is 5.32 Å². The first kappa shape index (κ1) is 8.54. The molecule has 0 bridgehead atoms. The fourth-order valence-corrected chi connectivity index (χ4v) is 2.01. The van der Waals surface area contributed by atoms with Gasteiger partial charge in [-0.3, -0.25) is 4.79 Å². The Kier molecular flexibility index (Phi) is 2.21. The molecule has 2 heteroatoms.